The Morgan fingerprint density at radius 3 is 2.86 bits per heavy atom. The van der Waals surface area contributed by atoms with Gasteiger partial charge in [0.2, 0.25) is 5.27 Å². The van der Waals surface area contributed by atoms with E-state index in [9.17, 15) is 4.79 Å². The van der Waals surface area contributed by atoms with Gasteiger partial charge >= 0.3 is 12.0 Å². The number of para-hydroxylation sites is 1. The first-order valence-electron chi connectivity index (χ1n) is 6.57. The number of carbonyl (C=O) groups excluding carboxylic acids is 1. The molecule has 0 saturated carbocycles. The van der Waals surface area contributed by atoms with Crippen LogP contribution in [0.25, 0.3) is 0 Å². The van der Waals surface area contributed by atoms with E-state index in [-0.39, 0.29) is 5.88 Å². The molecule has 7 nitrogen and oxygen atoms in total. The summed E-state index contributed by atoms with van der Waals surface area (Å²) < 4.78 is 10.2. The summed E-state index contributed by atoms with van der Waals surface area (Å²) in [5, 5.41) is 8.44. The van der Waals surface area contributed by atoms with Crippen LogP contribution < -0.4 is 19.9 Å². The predicted octanol–water partition coefficient (Wildman–Crippen LogP) is 1.26. The summed E-state index contributed by atoms with van der Waals surface area (Å²) in [5.74, 6) is 2.82. The number of anilines is 1. The molecule has 0 radical (unpaired) electrons. The summed E-state index contributed by atoms with van der Waals surface area (Å²) in [6, 6.07) is 8.83. The largest absolute Gasteiger partial charge is 0.419 e. The molecule has 0 spiro atoms. The van der Waals surface area contributed by atoms with E-state index in [1.54, 1.807) is 35.3 Å². The van der Waals surface area contributed by atoms with Gasteiger partial charge in [-0.25, -0.2) is 4.79 Å². The van der Waals surface area contributed by atoms with Crippen LogP contribution in [0, 0.1) is 0 Å². The maximum Gasteiger partial charge on any atom is 0.419 e. The lowest BCUT2D eigenvalue weighted by Gasteiger charge is -2.17. The second kappa shape index (κ2) is 6.49. The highest BCUT2D eigenvalue weighted by Crippen LogP contribution is 2.10. The lowest BCUT2D eigenvalue weighted by molar-refractivity contribution is -0.757. The summed E-state index contributed by atoms with van der Waals surface area (Å²) >= 11 is 1.91. The van der Waals surface area contributed by atoms with E-state index in [1.165, 1.54) is 0 Å². The third kappa shape index (κ3) is 3.66. The molecule has 0 aliphatic carbocycles. The van der Waals surface area contributed by atoms with Gasteiger partial charge in [0.1, 0.15) is 5.75 Å². The van der Waals surface area contributed by atoms with Crippen LogP contribution in [0.3, 0.4) is 0 Å². The van der Waals surface area contributed by atoms with Crippen LogP contribution in [0.2, 0.25) is 0 Å². The van der Waals surface area contributed by atoms with E-state index in [0.717, 1.165) is 24.6 Å². The van der Waals surface area contributed by atoms with Crippen molar-refractivity contribution < 1.29 is 18.8 Å². The minimum atomic E-state index is -0.612. The molecule has 2 heterocycles. The molecule has 0 unspecified atom stereocenters. The van der Waals surface area contributed by atoms with Crippen LogP contribution in [0.5, 0.6) is 5.75 Å². The Morgan fingerprint density at radius 2 is 2.10 bits per heavy atom. The van der Waals surface area contributed by atoms with Gasteiger partial charge in [-0.15, -0.1) is 0 Å². The molecular formula is C13H15N4O3S+. The number of amides is 1. The van der Waals surface area contributed by atoms with Crippen molar-refractivity contribution >= 4 is 23.7 Å². The number of aromatic nitrogens is 2. The first kappa shape index (κ1) is 13.7. The van der Waals surface area contributed by atoms with Crippen molar-refractivity contribution in [2.75, 3.05) is 34.9 Å². The van der Waals surface area contributed by atoms with Crippen molar-refractivity contribution in [2.24, 2.45) is 0 Å². The predicted molar refractivity (Wildman–Crippen MR) is 78.1 cm³/mol. The van der Waals surface area contributed by atoms with Crippen molar-refractivity contribution in [3.63, 3.8) is 0 Å². The van der Waals surface area contributed by atoms with E-state index in [1.807, 2.05) is 22.8 Å². The molecule has 0 atom stereocenters. The fourth-order valence-electron chi connectivity index (χ4n) is 1.91. The van der Waals surface area contributed by atoms with Gasteiger partial charge < -0.3 is 4.74 Å². The molecule has 0 bridgehead atoms. The zero-order chi connectivity index (χ0) is 14.5. The van der Waals surface area contributed by atoms with E-state index in [2.05, 4.69) is 10.6 Å². The monoisotopic (exact) mass is 307 g/mol. The molecule has 21 heavy (non-hydrogen) atoms. The zero-order valence-electron chi connectivity index (χ0n) is 11.3. The summed E-state index contributed by atoms with van der Waals surface area (Å²) in [4.78, 5) is 13.3. The molecule has 3 rings (SSSR count). The quantitative estimate of drug-likeness (QED) is 0.861. The molecule has 1 amide bonds. The topological polar surface area (TPSA) is 71.5 Å². The number of carbonyl (C=O) groups is 1. The highest BCUT2D eigenvalue weighted by Gasteiger charge is 2.23. The van der Waals surface area contributed by atoms with Gasteiger partial charge in [0.15, 0.2) is 0 Å². The maximum absolute atomic E-state index is 11.7. The second-order valence-electron chi connectivity index (χ2n) is 4.38. The molecular weight excluding hydrogens is 292 g/mol. The van der Waals surface area contributed by atoms with Crippen LogP contribution in [-0.4, -0.2) is 36.0 Å². The van der Waals surface area contributed by atoms with Crippen LogP contribution in [0.4, 0.5) is 10.7 Å². The second-order valence-corrected chi connectivity index (χ2v) is 5.61. The number of hydrogen-bond donors (Lipinski definition) is 1. The van der Waals surface area contributed by atoms with Gasteiger partial charge in [0, 0.05) is 11.5 Å². The minimum Gasteiger partial charge on any atom is -0.410 e. The van der Waals surface area contributed by atoms with Crippen molar-refractivity contribution in [2.45, 2.75) is 0 Å². The molecule has 1 fully saturated rings. The lowest BCUT2D eigenvalue weighted by Crippen LogP contribution is -2.61. The maximum atomic E-state index is 11.7. The van der Waals surface area contributed by atoms with Gasteiger partial charge in [-0.1, -0.05) is 18.2 Å². The van der Waals surface area contributed by atoms with Crippen LogP contribution in [0.1, 0.15) is 0 Å². The summed E-state index contributed by atoms with van der Waals surface area (Å²) in [6.45, 7) is 1.80. The van der Waals surface area contributed by atoms with Gasteiger partial charge in [-0.2, -0.15) is 16.8 Å². The van der Waals surface area contributed by atoms with E-state index < -0.39 is 6.09 Å². The van der Waals surface area contributed by atoms with Crippen molar-refractivity contribution in [1.82, 2.24) is 5.27 Å². The number of nitrogens with one attached hydrogen (secondary N) is 1. The number of benzene rings is 1. The molecule has 1 saturated heterocycles. The smallest absolute Gasteiger partial charge is 0.410 e. The van der Waals surface area contributed by atoms with Crippen LogP contribution in [-0.2, 0) is 0 Å². The van der Waals surface area contributed by atoms with E-state index in [4.69, 9.17) is 9.26 Å². The van der Waals surface area contributed by atoms with Crippen LogP contribution >= 0.6 is 11.8 Å². The Balaban J connectivity index is 1.57. The van der Waals surface area contributed by atoms with Crippen LogP contribution in [0.15, 0.2) is 41.1 Å². The first-order valence-corrected chi connectivity index (χ1v) is 7.72. The zero-order valence-corrected chi connectivity index (χ0v) is 12.1. The fraction of sp³-hybridized carbons (Fsp3) is 0.308. The minimum absolute atomic E-state index is 0.245. The lowest BCUT2D eigenvalue weighted by atomic mass is 10.3. The van der Waals surface area contributed by atoms with Crippen molar-refractivity contribution in [3.05, 3.63) is 36.5 Å². The third-order valence-corrected chi connectivity index (χ3v) is 3.85. The molecule has 2 aromatic rings. The summed E-state index contributed by atoms with van der Waals surface area (Å²) in [6.07, 6.45) is 1.01. The Labute approximate surface area is 125 Å². The molecule has 1 N–H and O–H groups in total. The van der Waals surface area contributed by atoms with Gasteiger partial charge in [-0.05, 0) is 12.1 Å². The van der Waals surface area contributed by atoms with Gasteiger partial charge in [-0.3, -0.25) is 9.84 Å². The molecule has 1 aromatic heterocycles. The van der Waals surface area contributed by atoms with Gasteiger partial charge in [0.25, 0.3) is 6.20 Å². The standard InChI is InChI=1S/C13H14N4O3S/c18-13(19-11-4-2-1-3-5-11)14-12-10-17(15-20-12)16-6-8-21-9-7-16/h1-5,10H,6-9H2/p+1. The third-order valence-electron chi connectivity index (χ3n) is 2.91. The SMILES string of the molecule is O=C(Nc1c[n+](N2CCSCC2)no1)Oc1ccccc1. The normalized spacial score (nSPS) is 14.8. The fourth-order valence-corrected chi connectivity index (χ4v) is 2.79. The Kier molecular flexibility index (Phi) is 4.25. The van der Waals surface area contributed by atoms with E-state index >= 15 is 0 Å². The Morgan fingerprint density at radius 1 is 1.33 bits per heavy atom. The summed E-state index contributed by atoms with van der Waals surface area (Å²) in [7, 11) is 0. The number of nitrogens with zero attached hydrogens (tertiary/aromatic N) is 3. The molecule has 1 aliphatic rings. The molecule has 1 aliphatic heterocycles. The average molecular weight is 307 g/mol. The number of thioether (sulfide) groups is 1. The number of ether oxygens (including phenoxy) is 1. The first-order chi connectivity index (χ1) is 10.3. The highest BCUT2D eigenvalue weighted by molar-refractivity contribution is 7.99. The highest BCUT2D eigenvalue weighted by atomic mass is 32.2. The van der Waals surface area contributed by atoms with Gasteiger partial charge in [0.05, 0.1) is 17.9 Å². The van der Waals surface area contributed by atoms with Crippen molar-refractivity contribution in [3.8, 4) is 5.75 Å². The molecule has 110 valence electrons. The number of hydrogen-bond acceptors (Lipinski definition) is 6. The number of rotatable bonds is 3. The summed E-state index contributed by atoms with van der Waals surface area (Å²) in [5.41, 5.74) is 0. The molecule has 1 aromatic carbocycles. The molecule has 8 heteroatoms. The Bertz CT molecular complexity index is 598. The van der Waals surface area contributed by atoms with Crippen molar-refractivity contribution in [1.29, 1.82) is 0 Å². The van der Waals surface area contributed by atoms with E-state index in [0.29, 0.717) is 5.75 Å². The Hall–Kier alpha value is -2.22. The average Bonchev–Trinajstić information content (AvgIpc) is 2.97.